The standard InChI is InChI=1S/C17H28N2/c1-3-16(2)8-7-11-18-12-14-19(15-13-18)17-9-5-4-6-10-17/h4-6,9-10,16H,3,7-8,11-15H2,1-2H3. The van der Waals surface area contributed by atoms with E-state index >= 15 is 0 Å². The van der Waals surface area contributed by atoms with Gasteiger partial charge in [0.25, 0.3) is 0 Å². The van der Waals surface area contributed by atoms with Crippen molar-refractivity contribution in [3.63, 3.8) is 0 Å². The summed E-state index contributed by atoms with van der Waals surface area (Å²) in [5, 5.41) is 0. The van der Waals surface area contributed by atoms with Crippen LogP contribution in [0.5, 0.6) is 0 Å². The molecule has 2 nitrogen and oxygen atoms in total. The molecule has 1 atom stereocenters. The first kappa shape index (κ1) is 14.4. The summed E-state index contributed by atoms with van der Waals surface area (Å²) in [5.41, 5.74) is 1.38. The van der Waals surface area contributed by atoms with Crippen molar-refractivity contribution in [2.24, 2.45) is 5.92 Å². The minimum absolute atomic E-state index is 0.894. The molecule has 0 N–H and O–H groups in total. The van der Waals surface area contributed by atoms with Gasteiger partial charge in [-0.2, -0.15) is 0 Å². The number of hydrogen-bond donors (Lipinski definition) is 0. The molecule has 2 rings (SSSR count). The lowest BCUT2D eigenvalue weighted by atomic mass is 10.0. The molecule has 0 saturated carbocycles. The summed E-state index contributed by atoms with van der Waals surface area (Å²) in [7, 11) is 0. The third-order valence-corrected chi connectivity index (χ3v) is 4.36. The molecule has 0 bridgehead atoms. The number of para-hydroxylation sites is 1. The largest absolute Gasteiger partial charge is 0.369 e. The van der Waals surface area contributed by atoms with Crippen LogP contribution in [0.15, 0.2) is 30.3 Å². The summed E-state index contributed by atoms with van der Waals surface area (Å²) in [6.45, 7) is 10.7. The molecule has 19 heavy (non-hydrogen) atoms. The van der Waals surface area contributed by atoms with Gasteiger partial charge in [-0.1, -0.05) is 38.5 Å². The van der Waals surface area contributed by atoms with Gasteiger partial charge in [-0.05, 0) is 37.4 Å². The van der Waals surface area contributed by atoms with Gasteiger partial charge in [0, 0.05) is 31.9 Å². The van der Waals surface area contributed by atoms with Crippen LogP contribution in [0.3, 0.4) is 0 Å². The Labute approximate surface area is 118 Å². The molecule has 0 aromatic heterocycles. The zero-order valence-corrected chi connectivity index (χ0v) is 12.5. The zero-order chi connectivity index (χ0) is 13.5. The fourth-order valence-corrected chi connectivity index (χ4v) is 2.74. The Bertz CT molecular complexity index is 342. The second-order valence-electron chi connectivity index (χ2n) is 5.82. The monoisotopic (exact) mass is 260 g/mol. The minimum atomic E-state index is 0.894. The van der Waals surface area contributed by atoms with Crippen molar-refractivity contribution in [1.82, 2.24) is 4.90 Å². The predicted octanol–water partition coefficient (Wildman–Crippen LogP) is 3.63. The summed E-state index contributed by atoms with van der Waals surface area (Å²) < 4.78 is 0. The van der Waals surface area contributed by atoms with Crippen LogP contribution < -0.4 is 4.90 Å². The second-order valence-corrected chi connectivity index (χ2v) is 5.82. The number of nitrogens with zero attached hydrogens (tertiary/aromatic N) is 2. The third kappa shape index (κ3) is 4.54. The molecule has 2 heteroatoms. The van der Waals surface area contributed by atoms with Crippen LogP contribution in [0.1, 0.15) is 33.1 Å². The first-order valence-corrected chi connectivity index (χ1v) is 7.82. The molecular weight excluding hydrogens is 232 g/mol. The van der Waals surface area contributed by atoms with E-state index in [4.69, 9.17) is 0 Å². The molecule has 1 saturated heterocycles. The highest BCUT2D eigenvalue weighted by atomic mass is 15.3. The Morgan fingerprint density at radius 3 is 2.37 bits per heavy atom. The van der Waals surface area contributed by atoms with E-state index in [-0.39, 0.29) is 0 Å². The molecule has 0 amide bonds. The van der Waals surface area contributed by atoms with Gasteiger partial charge in [0.2, 0.25) is 0 Å². The lowest BCUT2D eigenvalue weighted by molar-refractivity contribution is 0.247. The van der Waals surface area contributed by atoms with Crippen LogP contribution in [-0.2, 0) is 0 Å². The van der Waals surface area contributed by atoms with Crippen molar-refractivity contribution in [3.8, 4) is 0 Å². The molecule has 106 valence electrons. The van der Waals surface area contributed by atoms with E-state index in [9.17, 15) is 0 Å². The van der Waals surface area contributed by atoms with Crippen LogP contribution in [0, 0.1) is 5.92 Å². The quantitative estimate of drug-likeness (QED) is 0.770. The van der Waals surface area contributed by atoms with E-state index in [1.54, 1.807) is 0 Å². The average molecular weight is 260 g/mol. The highest BCUT2D eigenvalue weighted by molar-refractivity contribution is 5.46. The Balaban J connectivity index is 1.68. The van der Waals surface area contributed by atoms with Crippen LogP contribution in [0.25, 0.3) is 0 Å². The summed E-state index contributed by atoms with van der Waals surface area (Å²) in [6, 6.07) is 10.8. The number of benzene rings is 1. The number of rotatable bonds is 6. The normalized spacial score (nSPS) is 18.5. The SMILES string of the molecule is CCC(C)CCCN1CCN(c2ccccc2)CC1. The molecular formula is C17H28N2. The van der Waals surface area contributed by atoms with Crippen LogP contribution in [0.4, 0.5) is 5.69 Å². The van der Waals surface area contributed by atoms with E-state index in [1.807, 2.05) is 0 Å². The smallest absolute Gasteiger partial charge is 0.0367 e. The Kier molecular flexibility index (Phi) is 5.71. The van der Waals surface area contributed by atoms with Crippen molar-refractivity contribution in [2.45, 2.75) is 33.1 Å². The third-order valence-electron chi connectivity index (χ3n) is 4.36. The van der Waals surface area contributed by atoms with Gasteiger partial charge >= 0.3 is 0 Å². The maximum atomic E-state index is 2.63. The van der Waals surface area contributed by atoms with Crippen molar-refractivity contribution in [3.05, 3.63) is 30.3 Å². The Hall–Kier alpha value is -1.02. The molecule has 1 aliphatic heterocycles. The zero-order valence-electron chi connectivity index (χ0n) is 12.5. The highest BCUT2D eigenvalue weighted by Crippen LogP contribution is 2.16. The summed E-state index contributed by atoms with van der Waals surface area (Å²) >= 11 is 0. The topological polar surface area (TPSA) is 6.48 Å². The van der Waals surface area contributed by atoms with Gasteiger partial charge in [-0.3, -0.25) is 4.90 Å². The fourth-order valence-electron chi connectivity index (χ4n) is 2.74. The molecule has 0 radical (unpaired) electrons. The summed E-state index contributed by atoms with van der Waals surface area (Å²) in [4.78, 5) is 5.13. The Morgan fingerprint density at radius 2 is 1.74 bits per heavy atom. The van der Waals surface area contributed by atoms with Crippen molar-refractivity contribution < 1.29 is 0 Å². The first-order chi connectivity index (χ1) is 9.29. The fraction of sp³-hybridized carbons (Fsp3) is 0.647. The maximum Gasteiger partial charge on any atom is 0.0367 e. The molecule has 1 aromatic rings. The van der Waals surface area contributed by atoms with E-state index in [1.165, 1.54) is 57.7 Å². The predicted molar refractivity (Wildman–Crippen MR) is 83.8 cm³/mol. The molecule has 0 spiro atoms. The van der Waals surface area contributed by atoms with E-state index in [0.29, 0.717) is 0 Å². The number of piperazine rings is 1. The van der Waals surface area contributed by atoms with E-state index in [0.717, 1.165) is 5.92 Å². The molecule has 1 heterocycles. The van der Waals surface area contributed by atoms with Gasteiger partial charge < -0.3 is 4.90 Å². The second kappa shape index (κ2) is 7.54. The van der Waals surface area contributed by atoms with Gasteiger partial charge in [-0.25, -0.2) is 0 Å². The average Bonchev–Trinajstić information content (AvgIpc) is 2.48. The maximum absolute atomic E-state index is 2.63. The van der Waals surface area contributed by atoms with Gasteiger partial charge in [-0.15, -0.1) is 0 Å². The van der Waals surface area contributed by atoms with Crippen LogP contribution >= 0.6 is 0 Å². The van der Waals surface area contributed by atoms with Gasteiger partial charge in [0.15, 0.2) is 0 Å². The minimum Gasteiger partial charge on any atom is -0.369 e. The molecule has 1 aromatic carbocycles. The highest BCUT2D eigenvalue weighted by Gasteiger charge is 2.16. The first-order valence-electron chi connectivity index (χ1n) is 7.82. The van der Waals surface area contributed by atoms with Crippen LogP contribution in [-0.4, -0.2) is 37.6 Å². The molecule has 1 fully saturated rings. The van der Waals surface area contributed by atoms with Crippen LogP contribution in [0.2, 0.25) is 0 Å². The summed E-state index contributed by atoms with van der Waals surface area (Å²) in [6.07, 6.45) is 4.07. The van der Waals surface area contributed by atoms with Crippen molar-refractivity contribution in [1.29, 1.82) is 0 Å². The lowest BCUT2D eigenvalue weighted by Gasteiger charge is -2.36. The Morgan fingerprint density at radius 1 is 1.05 bits per heavy atom. The molecule has 1 aliphatic rings. The molecule has 1 unspecified atom stereocenters. The summed E-state index contributed by atoms with van der Waals surface area (Å²) in [5.74, 6) is 0.894. The van der Waals surface area contributed by atoms with E-state index in [2.05, 4.69) is 54.0 Å². The number of anilines is 1. The van der Waals surface area contributed by atoms with Crippen molar-refractivity contribution >= 4 is 5.69 Å². The lowest BCUT2D eigenvalue weighted by Crippen LogP contribution is -2.46. The van der Waals surface area contributed by atoms with Gasteiger partial charge in [0.1, 0.15) is 0 Å². The van der Waals surface area contributed by atoms with Crippen molar-refractivity contribution in [2.75, 3.05) is 37.6 Å². The number of hydrogen-bond acceptors (Lipinski definition) is 2. The molecule has 0 aliphatic carbocycles. The van der Waals surface area contributed by atoms with E-state index < -0.39 is 0 Å². The van der Waals surface area contributed by atoms with Gasteiger partial charge in [0.05, 0.1) is 0 Å².